The maximum atomic E-state index is 14.1. The zero-order valence-corrected chi connectivity index (χ0v) is 13.7. The van der Waals surface area contributed by atoms with Crippen molar-refractivity contribution in [3.8, 4) is 0 Å². The molecule has 0 aliphatic heterocycles. The number of nitrogens with one attached hydrogen (secondary N) is 1. The zero-order chi connectivity index (χ0) is 14.7. The van der Waals surface area contributed by atoms with Gasteiger partial charge in [0.05, 0.1) is 5.69 Å². The normalized spacial score (nSPS) is 34.5. The summed E-state index contributed by atoms with van der Waals surface area (Å²) < 4.78 is 27.7. The number of hydrogen-bond acceptors (Lipinski definition) is 1. The number of rotatable bonds is 2. The first kappa shape index (κ1) is 14.3. The van der Waals surface area contributed by atoms with Crippen LogP contribution in [0, 0.1) is 28.4 Å². The Morgan fingerprint density at radius 3 is 2.50 bits per heavy atom. The van der Waals surface area contributed by atoms with E-state index < -0.39 is 11.6 Å². The number of anilines is 1. The van der Waals surface area contributed by atoms with E-state index in [2.05, 4.69) is 42.0 Å². The van der Waals surface area contributed by atoms with Crippen LogP contribution in [0.4, 0.5) is 14.5 Å². The minimum atomic E-state index is -0.557. The van der Waals surface area contributed by atoms with Crippen molar-refractivity contribution in [1.82, 2.24) is 0 Å². The lowest BCUT2D eigenvalue weighted by molar-refractivity contribution is 0.155. The van der Waals surface area contributed by atoms with Gasteiger partial charge in [-0.1, -0.05) is 20.8 Å². The number of fused-ring (bicyclic) bond motifs is 2. The average Bonchev–Trinajstić information content (AvgIpc) is 2.77. The Morgan fingerprint density at radius 1 is 1.25 bits per heavy atom. The van der Waals surface area contributed by atoms with Crippen LogP contribution in [0.1, 0.15) is 40.0 Å². The summed E-state index contributed by atoms with van der Waals surface area (Å²) in [5.41, 5.74) is 0.722. The number of halogens is 3. The van der Waals surface area contributed by atoms with Crippen molar-refractivity contribution in [2.24, 2.45) is 16.7 Å². The van der Waals surface area contributed by atoms with E-state index in [-0.39, 0.29) is 16.9 Å². The Labute approximate surface area is 127 Å². The molecule has 1 aromatic rings. The first-order chi connectivity index (χ1) is 9.24. The average molecular weight is 344 g/mol. The molecule has 20 heavy (non-hydrogen) atoms. The van der Waals surface area contributed by atoms with Gasteiger partial charge in [-0.05, 0) is 58.0 Å². The molecule has 0 spiro atoms. The lowest BCUT2D eigenvalue weighted by atomic mass is 9.68. The monoisotopic (exact) mass is 343 g/mol. The molecule has 3 rings (SSSR count). The van der Waals surface area contributed by atoms with Crippen molar-refractivity contribution < 1.29 is 8.78 Å². The lowest BCUT2D eigenvalue weighted by Crippen LogP contribution is -2.46. The molecular formula is C16H20BrF2N. The van der Waals surface area contributed by atoms with E-state index in [1.165, 1.54) is 25.3 Å². The van der Waals surface area contributed by atoms with Gasteiger partial charge in [-0.25, -0.2) is 8.78 Å². The Balaban J connectivity index is 1.96. The van der Waals surface area contributed by atoms with Gasteiger partial charge in [-0.2, -0.15) is 0 Å². The fourth-order valence-electron chi connectivity index (χ4n) is 4.49. The highest BCUT2D eigenvalue weighted by Gasteiger charge is 2.59. The van der Waals surface area contributed by atoms with Gasteiger partial charge in [-0.3, -0.25) is 0 Å². The Hall–Kier alpha value is -0.640. The highest BCUT2D eigenvalue weighted by atomic mass is 79.9. The summed E-state index contributed by atoms with van der Waals surface area (Å²) in [5.74, 6) is -0.398. The van der Waals surface area contributed by atoms with Crippen LogP contribution >= 0.6 is 15.9 Å². The van der Waals surface area contributed by atoms with Crippen molar-refractivity contribution in [3.63, 3.8) is 0 Å². The van der Waals surface area contributed by atoms with Crippen LogP contribution in [0.3, 0.4) is 0 Å². The number of hydrogen-bond donors (Lipinski definition) is 1. The van der Waals surface area contributed by atoms with Gasteiger partial charge in [0.2, 0.25) is 0 Å². The molecule has 0 amide bonds. The van der Waals surface area contributed by atoms with E-state index >= 15 is 0 Å². The van der Waals surface area contributed by atoms with Crippen molar-refractivity contribution in [1.29, 1.82) is 0 Å². The smallest absolute Gasteiger partial charge is 0.150 e. The van der Waals surface area contributed by atoms with Crippen LogP contribution in [0.2, 0.25) is 0 Å². The molecular weight excluding hydrogens is 324 g/mol. The second-order valence-corrected chi connectivity index (χ2v) is 8.09. The molecule has 1 unspecified atom stereocenters. The lowest BCUT2D eigenvalue weighted by Gasteiger charge is -2.43. The SMILES string of the molecule is CC1(C)C(Nc2c(F)cc(F)cc2Br)[C@]2(C)CC[C@H]1C2. The molecule has 2 saturated carbocycles. The van der Waals surface area contributed by atoms with Gasteiger partial charge < -0.3 is 5.32 Å². The summed E-state index contributed by atoms with van der Waals surface area (Å²) in [5, 5.41) is 3.38. The van der Waals surface area contributed by atoms with Crippen molar-refractivity contribution >= 4 is 21.6 Å². The maximum absolute atomic E-state index is 14.1. The minimum Gasteiger partial charge on any atom is -0.378 e. The molecule has 110 valence electrons. The Bertz CT molecular complexity index is 530. The Morgan fingerprint density at radius 2 is 1.95 bits per heavy atom. The Kier molecular flexibility index (Phi) is 3.16. The molecule has 2 fully saturated rings. The van der Waals surface area contributed by atoms with Crippen molar-refractivity contribution in [3.05, 3.63) is 28.2 Å². The topological polar surface area (TPSA) is 12.0 Å². The molecule has 1 aromatic carbocycles. The third-order valence-corrected chi connectivity index (χ3v) is 6.19. The highest BCUT2D eigenvalue weighted by Crippen LogP contribution is 2.63. The molecule has 2 aliphatic carbocycles. The first-order valence-electron chi connectivity index (χ1n) is 7.15. The summed E-state index contributed by atoms with van der Waals surface area (Å²) >= 11 is 3.27. The first-order valence-corrected chi connectivity index (χ1v) is 7.94. The predicted molar refractivity (Wildman–Crippen MR) is 80.7 cm³/mol. The standard InChI is InChI=1S/C16H20BrF2N/c1-15(2)9-4-5-16(3,8-9)14(15)20-13-11(17)6-10(18)7-12(13)19/h6-7,9,14,20H,4-5,8H2,1-3H3/t9-,14?,16+/m0/s1. The summed E-state index contributed by atoms with van der Waals surface area (Å²) in [6.07, 6.45) is 3.63. The van der Waals surface area contributed by atoms with Gasteiger partial charge in [0, 0.05) is 16.6 Å². The molecule has 2 aliphatic rings. The second kappa shape index (κ2) is 4.43. The molecule has 0 radical (unpaired) electrons. The molecule has 1 nitrogen and oxygen atoms in total. The third kappa shape index (κ3) is 1.99. The van der Waals surface area contributed by atoms with E-state index in [4.69, 9.17) is 0 Å². The van der Waals surface area contributed by atoms with E-state index in [1.54, 1.807) is 0 Å². The van der Waals surface area contributed by atoms with Gasteiger partial charge in [0.25, 0.3) is 0 Å². The maximum Gasteiger partial charge on any atom is 0.150 e. The summed E-state index contributed by atoms with van der Waals surface area (Å²) in [6, 6.07) is 2.47. The molecule has 0 heterocycles. The summed E-state index contributed by atoms with van der Waals surface area (Å²) in [4.78, 5) is 0. The van der Waals surface area contributed by atoms with E-state index in [1.807, 2.05) is 0 Å². The fourth-order valence-corrected chi connectivity index (χ4v) is 5.01. The minimum absolute atomic E-state index is 0.132. The third-order valence-electron chi connectivity index (χ3n) is 5.57. The van der Waals surface area contributed by atoms with Crippen LogP contribution in [0.25, 0.3) is 0 Å². The van der Waals surface area contributed by atoms with Gasteiger partial charge in [0.1, 0.15) is 11.6 Å². The highest BCUT2D eigenvalue weighted by molar-refractivity contribution is 9.10. The van der Waals surface area contributed by atoms with Gasteiger partial charge >= 0.3 is 0 Å². The van der Waals surface area contributed by atoms with Crippen molar-refractivity contribution in [2.75, 3.05) is 5.32 Å². The van der Waals surface area contributed by atoms with Crippen LogP contribution in [-0.4, -0.2) is 6.04 Å². The predicted octanol–water partition coefficient (Wildman–Crippen LogP) is 5.35. The van der Waals surface area contributed by atoms with Crippen LogP contribution in [-0.2, 0) is 0 Å². The van der Waals surface area contributed by atoms with Crippen molar-refractivity contribution in [2.45, 2.75) is 46.1 Å². The van der Waals surface area contributed by atoms with Crippen LogP contribution in [0.5, 0.6) is 0 Å². The molecule has 1 N–H and O–H groups in total. The molecule has 0 saturated heterocycles. The summed E-state index contributed by atoms with van der Waals surface area (Å²) in [6.45, 7) is 6.80. The molecule has 2 bridgehead atoms. The number of benzene rings is 1. The van der Waals surface area contributed by atoms with Gasteiger partial charge in [-0.15, -0.1) is 0 Å². The zero-order valence-electron chi connectivity index (χ0n) is 12.1. The van der Waals surface area contributed by atoms with Crippen LogP contribution in [0.15, 0.2) is 16.6 Å². The fraction of sp³-hybridized carbons (Fsp3) is 0.625. The quantitative estimate of drug-likeness (QED) is 0.762. The van der Waals surface area contributed by atoms with Gasteiger partial charge in [0.15, 0.2) is 0 Å². The summed E-state index contributed by atoms with van der Waals surface area (Å²) in [7, 11) is 0. The second-order valence-electron chi connectivity index (χ2n) is 7.24. The molecule has 4 heteroatoms. The van der Waals surface area contributed by atoms with Crippen LogP contribution < -0.4 is 5.32 Å². The van der Waals surface area contributed by atoms with E-state index in [0.717, 1.165) is 6.07 Å². The van der Waals surface area contributed by atoms with E-state index in [9.17, 15) is 8.78 Å². The molecule has 0 aromatic heterocycles. The largest absolute Gasteiger partial charge is 0.378 e. The van der Waals surface area contributed by atoms with E-state index in [0.29, 0.717) is 16.1 Å². The molecule has 3 atom stereocenters.